The van der Waals surface area contributed by atoms with Crippen molar-refractivity contribution >= 4 is 17.8 Å². The van der Waals surface area contributed by atoms with Gasteiger partial charge in [0.2, 0.25) is 5.91 Å². The number of rotatable bonds is 8. The number of hydrogen-bond acceptors (Lipinski definition) is 6. The van der Waals surface area contributed by atoms with Crippen LogP contribution < -0.4 is 15.5 Å². The molecule has 0 spiro atoms. The van der Waals surface area contributed by atoms with E-state index in [1.807, 2.05) is 43.1 Å². The number of benzene rings is 2. The Morgan fingerprint density at radius 3 is 2.57 bits per heavy atom. The van der Waals surface area contributed by atoms with Crippen LogP contribution in [0.15, 0.2) is 48.5 Å². The maximum absolute atomic E-state index is 13.5. The summed E-state index contributed by atoms with van der Waals surface area (Å²) >= 11 is 0. The Kier molecular flexibility index (Phi) is 7.32. The Morgan fingerprint density at radius 2 is 1.89 bits per heavy atom. The zero-order valence-corrected chi connectivity index (χ0v) is 20.0. The first-order chi connectivity index (χ1) is 16.8. The monoisotopic (exact) mass is 483 g/mol. The number of methoxy groups -OCH3 is 1. The Morgan fingerprint density at radius 1 is 1.14 bits per heavy atom. The second kappa shape index (κ2) is 10.4. The molecule has 0 aliphatic carbocycles. The van der Waals surface area contributed by atoms with Crippen molar-refractivity contribution in [2.75, 3.05) is 20.2 Å². The van der Waals surface area contributed by atoms with Crippen LogP contribution in [0.2, 0.25) is 0 Å². The zero-order chi connectivity index (χ0) is 25.1. The van der Waals surface area contributed by atoms with Crippen molar-refractivity contribution in [2.45, 2.75) is 45.1 Å². The Hall–Kier alpha value is -3.50. The van der Waals surface area contributed by atoms with Gasteiger partial charge in [-0.3, -0.25) is 14.5 Å². The predicted molar refractivity (Wildman–Crippen MR) is 126 cm³/mol. The van der Waals surface area contributed by atoms with E-state index in [1.54, 1.807) is 19.2 Å². The van der Waals surface area contributed by atoms with Gasteiger partial charge in [0.05, 0.1) is 19.7 Å². The fourth-order valence-corrected chi connectivity index (χ4v) is 4.70. The third-order valence-corrected chi connectivity index (χ3v) is 6.43. The summed E-state index contributed by atoms with van der Waals surface area (Å²) in [5, 5.41) is 4.66. The lowest BCUT2D eigenvalue weighted by molar-refractivity contribution is -0.140. The van der Waals surface area contributed by atoms with Gasteiger partial charge < -0.3 is 15.0 Å². The molecule has 3 atom stereocenters. The van der Waals surface area contributed by atoms with Gasteiger partial charge in [0.1, 0.15) is 24.2 Å². The van der Waals surface area contributed by atoms with Crippen molar-refractivity contribution in [1.82, 2.24) is 25.6 Å². The topological polar surface area (TPSA) is 94.2 Å². The molecule has 2 fully saturated rings. The highest BCUT2D eigenvalue weighted by Crippen LogP contribution is 2.29. The largest absolute Gasteiger partial charge is 0.497 e. The highest BCUT2D eigenvalue weighted by Gasteiger charge is 2.54. The summed E-state index contributed by atoms with van der Waals surface area (Å²) in [6.07, 6.45) is 0. The molecular weight excluding hydrogens is 453 g/mol. The summed E-state index contributed by atoms with van der Waals surface area (Å²) in [5.74, 6) is -0.383. The normalized spacial score (nSPS) is 22.3. The van der Waals surface area contributed by atoms with E-state index in [-0.39, 0.29) is 37.5 Å². The van der Waals surface area contributed by atoms with E-state index in [0.29, 0.717) is 17.9 Å². The van der Waals surface area contributed by atoms with E-state index in [9.17, 15) is 18.8 Å². The van der Waals surface area contributed by atoms with Crippen LogP contribution in [0.25, 0.3) is 0 Å². The summed E-state index contributed by atoms with van der Waals surface area (Å²) in [7, 11) is 1.57. The number of imide groups is 1. The molecule has 4 rings (SSSR count). The van der Waals surface area contributed by atoms with Gasteiger partial charge in [0.25, 0.3) is 5.91 Å². The van der Waals surface area contributed by atoms with Gasteiger partial charge in [0, 0.05) is 19.1 Å². The van der Waals surface area contributed by atoms with Crippen molar-refractivity contribution in [3.8, 4) is 5.75 Å². The minimum Gasteiger partial charge on any atom is -0.497 e. The SMILES string of the molecule is CCN1NC(C)C2C1C(=O)N(Cc1ccc(F)cc1)C(=O)N2CC(=O)NCc1cccc(OC)c1. The molecule has 0 radical (unpaired) electrons. The van der Waals surface area contributed by atoms with Crippen molar-refractivity contribution < 1.29 is 23.5 Å². The van der Waals surface area contributed by atoms with Crippen LogP contribution >= 0.6 is 0 Å². The third kappa shape index (κ3) is 5.13. The number of hydrazine groups is 1. The highest BCUT2D eigenvalue weighted by molar-refractivity contribution is 6.02. The number of fused-ring (bicyclic) bond motifs is 1. The van der Waals surface area contributed by atoms with Gasteiger partial charge in [-0.15, -0.1) is 0 Å². The minimum atomic E-state index is -0.626. The molecule has 0 saturated carbocycles. The highest BCUT2D eigenvalue weighted by atomic mass is 19.1. The van der Waals surface area contributed by atoms with Crippen molar-refractivity contribution in [2.24, 2.45) is 0 Å². The van der Waals surface area contributed by atoms with Crippen molar-refractivity contribution in [1.29, 1.82) is 0 Å². The lowest BCUT2D eigenvalue weighted by Crippen LogP contribution is -2.67. The van der Waals surface area contributed by atoms with E-state index in [2.05, 4.69) is 10.7 Å². The molecular formula is C25H30FN5O4. The molecule has 2 aromatic carbocycles. The number of carbonyl (C=O) groups excluding carboxylic acids is 3. The van der Waals surface area contributed by atoms with Gasteiger partial charge >= 0.3 is 6.03 Å². The first kappa shape index (κ1) is 24.6. The quantitative estimate of drug-likeness (QED) is 0.596. The maximum Gasteiger partial charge on any atom is 0.327 e. The standard InChI is InChI=1S/C25H30FN5O4/c1-4-31-23-22(16(2)28-31)29(15-21(32)27-13-18-6-5-7-20(12-18)35-3)25(34)30(24(23)33)14-17-8-10-19(26)11-9-17/h5-12,16,22-23,28H,4,13-15H2,1-3H3,(H,27,32). The fraction of sp³-hybridized carbons (Fsp3) is 0.400. The lowest BCUT2D eigenvalue weighted by Gasteiger charge is -2.43. The van der Waals surface area contributed by atoms with E-state index in [4.69, 9.17) is 4.74 Å². The smallest absolute Gasteiger partial charge is 0.327 e. The molecule has 2 saturated heterocycles. The van der Waals surface area contributed by atoms with Crippen molar-refractivity contribution in [3.05, 3.63) is 65.5 Å². The number of carbonyl (C=O) groups is 3. The molecule has 2 aliphatic rings. The molecule has 2 heterocycles. The van der Waals surface area contributed by atoms with Crippen LogP contribution in [0.1, 0.15) is 25.0 Å². The van der Waals surface area contributed by atoms with Crippen LogP contribution in [0, 0.1) is 5.82 Å². The lowest BCUT2D eigenvalue weighted by atomic mass is 9.97. The van der Waals surface area contributed by atoms with E-state index >= 15 is 0 Å². The number of nitrogens with zero attached hydrogens (tertiary/aromatic N) is 3. The van der Waals surface area contributed by atoms with Crippen LogP contribution in [-0.4, -0.2) is 71.0 Å². The number of likely N-dealkylation sites (N-methyl/N-ethyl adjacent to an activating group) is 1. The molecule has 186 valence electrons. The maximum atomic E-state index is 13.5. The second-order valence-electron chi connectivity index (χ2n) is 8.73. The van der Waals surface area contributed by atoms with E-state index in [1.165, 1.54) is 17.0 Å². The van der Waals surface area contributed by atoms with Crippen LogP contribution in [0.5, 0.6) is 5.75 Å². The fourth-order valence-electron chi connectivity index (χ4n) is 4.70. The molecule has 35 heavy (non-hydrogen) atoms. The van der Waals surface area contributed by atoms with Gasteiger partial charge in [-0.2, -0.15) is 0 Å². The third-order valence-electron chi connectivity index (χ3n) is 6.43. The van der Waals surface area contributed by atoms with E-state index in [0.717, 1.165) is 10.5 Å². The van der Waals surface area contributed by atoms with Gasteiger partial charge in [-0.05, 0) is 42.3 Å². The first-order valence-corrected chi connectivity index (χ1v) is 11.6. The summed E-state index contributed by atoms with van der Waals surface area (Å²) in [6, 6.07) is 11.1. The molecule has 0 aromatic heterocycles. The average molecular weight is 484 g/mol. The number of amides is 4. The van der Waals surface area contributed by atoms with Crippen LogP contribution in [0.3, 0.4) is 0 Å². The number of halogens is 1. The van der Waals surface area contributed by atoms with Gasteiger partial charge in [-0.1, -0.05) is 31.2 Å². The average Bonchev–Trinajstić information content (AvgIpc) is 3.20. The Labute approximate surface area is 203 Å². The summed E-state index contributed by atoms with van der Waals surface area (Å²) in [4.78, 5) is 42.4. The summed E-state index contributed by atoms with van der Waals surface area (Å²) in [5.41, 5.74) is 4.74. The summed E-state index contributed by atoms with van der Waals surface area (Å²) in [6.45, 7) is 4.44. The first-order valence-electron chi connectivity index (χ1n) is 11.6. The number of urea groups is 1. The molecule has 9 nitrogen and oxygen atoms in total. The van der Waals surface area contributed by atoms with Crippen LogP contribution in [0.4, 0.5) is 9.18 Å². The minimum absolute atomic E-state index is 0.00493. The number of nitrogens with one attached hydrogen (secondary N) is 2. The molecule has 10 heteroatoms. The van der Waals surface area contributed by atoms with E-state index < -0.39 is 23.9 Å². The number of ether oxygens (including phenoxy) is 1. The Balaban J connectivity index is 1.53. The second-order valence-corrected chi connectivity index (χ2v) is 8.73. The molecule has 2 aliphatic heterocycles. The Bertz CT molecular complexity index is 1100. The molecule has 2 aromatic rings. The molecule has 2 N–H and O–H groups in total. The summed E-state index contributed by atoms with van der Waals surface area (Å²) < 4.78 is 18.6. The van der Waals surface area contributed by atoms with Crippen LogP contribution in [-0.2, 0) is 22.7 Å². The van der Waals surface area contributed by atoms with Gasteiger partial charge in [0.15, 0.2) is 0 Å². The molecule has 4 amide bonds. The number of hydrogen-bond donors (Lipinski definition) is 2. The van der Waals surface area contributed by atoms with Crippen molar-refractivity contribution in [3.63, 3.8) is 0 Å². The molecule has 3 unspecified atom stereocenters. The molecule has 0 bridgehead atoms. The predicted octanol–water partition coefficient (Wildman–Crippen LogP) is 1.88. The van der Waals surface area contributed by atoms with Gasteiger partial charge in [-0.25, -0.2) is 19.6 Å². The zero-order valence-electron chi connectivity index (χ0n) is 20.0.